The Kier molecular flexibility index (Phi) is 7.23. The molecule has 188 valence electrons. The molecule has 2 N–H and O–H groups in total. The number of anilines is 2. The van der Waals surface area contributed by atoms with Gasteiger partial charge in [-0.1, -0.05) is 42.5 Å². The number of nitrogens with zero attached hydrogens (tertiary/aromatic N) is 2. The minimum atomic E-state index is 0.0546. The Morgan fingerprint density at radius 3 is 2.38 bits per heavy atom. The number of thiophene rings is 1. The van der Waals surface area contributed by atoms with E-state index in [0.717, 1.165) is 29.0 Å². The molecule has 3 aromatic carbocycles. The topological polar surface area (TPSA) is 68.3 Å². The highest BCUT2D eigenvalue weighted by atomic mass is 32.1. The maximum Gasteiger partial charge on any atom is 0.162 e. The number of aryl methyl sites for hydroxylation is 1. The number of hydrogen-bond donors (Lipinski definition) is 2. The third kappa shape index (κ3) is 5.37. The van der Waals surface area contributed by atoms with Crippen LogP contribution in [0.15, 0.2) is 78.9 Å². The van der Waals surface area contributed by atoms with Gasteiger partial charge in [0.15, 0.2) is 11.5 Å². The molecule has 0 saturated carbocycles. The summed E-state index contributed by atoms with van der Waals surface area (Å²) in [6.45, 7) is 4.82. The number of rotatable bonds is 9. The number of ether oxygens (including phenoxy) is 2. The molecule has 5 rings (SSSR count). The summed E-state index contributed by atoms with van der Waals surface area (Å²) in [5.74, 6) is 2.77. The van der Waals surface area contributed by atoms with Crippen molar-refractivity contribution in [3.05, 3.63) is 95.1 Å². The summed E-state index contributed by atoms with van der Waals surface area (Å²) in [5.41, 5.74) is 4.43. The molecule has 6 nitrogen and oxygen atoms in total. The molecule has 0 radical (unpaired) electrons. The first-order valence-corrected chi connectivity index (χ1v) is 13.0. The predicted octanol–water partition coefficient (Wildman–Crippen LogP) is 7.47. The third-order valence-corrected chi connectivity index (χ3v) is 7.56. The van der Waals surface area contributed by atoms with Crippen LogP contribution in [0.1, 0.15) is 29.2 Å². The molecule has 0 amide bonds. The fourth-order valence-electron chi connectivity index (χ4n) is 4.36. The second-order valence-corrected chi connectivity index (χ2v) is 9.90. The number of aromatic nitrogens is 2. The maximum atomic E-state index is 5.52. The molecular formula is C30H30N4O2S. The molecule has 5 aromatic rings. The molecule has 0 aliphatic heterocycles. The summed E-state index contributed by atoms with van der Waals surface area (Å²) >= 11 is 1.79. The van der Waals surface area contributed by atoms with Gasteiger partial charge in [0, 0.05) is 33.4 Å². The van der Waals surface area contributed by atoms with Crippen LogP contribution in [0.3, 0.4) is 0 Å². The van der Waals surface area contributed by atoms with Crippen LogP contribution in [0.2, 0.25) is 0 Å². The first-order chi connectivity index (χ1) is 18.1. The summed E-state index contributed by atoms with van der Waals surface area (Å²) in [6.07, 6.45) is 0. The molecule has 0 spiro atoms. The van der Waals surface area contributed by atoms with Crippen LogP contribution in [-0.2, 0) is 6.54 Å². The molecule has 0 aliphatic carbocycles. The number of para-hydroxylation sites is 1. The van der Waals surface area contributed by atoms with Crippen molar-refractivity contribution in [3.63, 3.8) is 0 Å². The van der Waals surface area contributed by atoms with E-state index in [1.54, 1.807) is 25.6 Å². The van der Waals surface area contributed by atoms with Crippen LogP contribution in [0.25, 0.3) is 21.3 Å². The normalized spacial score (nSPS) is 11.8. The Bertz CT molecular complexity index is 1520. The van der Waals surface area contributed by atoms with Gasteiger partial charge < -0.3 is 20.1 Å². The summed E-state index contributed by atoms with van der Waals surface area (Å²) in [5, 5.41) is 8.03. The number of hydrogen-bond acceptors (Lipinski definition) is 7. The zero-order valence-corrected chi connectivity index (χ0v) is 22.2. The quantitative estimate of drug-likeness (QED) is 0.214. The lowest BCUT2D eigenvalue weighted by atomic mass is 10.1. The second-order valence-electron chi connectivity index (χ2n) is 8.79. The van der Waals surface area contributed by atoms with E-state index in [-0.39, 0.29) is 6.04 Å². The van der Waals surface area contributed by atoms with Crippen LogP contribution in [-0.4, -0.2) is 24.2 Å². The van der Waals surface area contributed by atoms with Gasteiger partial charge in [0.1, 0.15) is 11.6 Å². The maximum absolute atomic E-state index is 5.52. The largest absolute Gasteiger partial charge is 0.493 e. The summed E-state index contributed by atoms with van der Waals surface area (Å²) < 4.78 is 11.0. The number of nitrogens with one attached hydrogen (secondary N) is 2. The Morgan fingerprint density at radius 2 is 1.59 bits per heavy atom. The molecule has 0 saturated heterocycles. The van der Waals surface area contributed by atoms with Crippen molar-refractivity contribution in [2.24, 2.45) is 0 Å². The van der Waals surface area contributed by atoms with Gasteiger partial charge in [0.05, 0.1) is 25.8 Å². The van der Waals surface area contributed by atoms with Gasteiger partial charge in [-0.25, -0.2) is 9.97 Å². The number of benzene rings is 3. The van der Waals surface area contributed by atoms with E-state index in [1.165, 1.54) is 20.9 Å². The molecule has 0 aliphatic rings. The fraction of sp³-hybridized carbons (Fsp3) is 0.200. The van der Waals surface area contributed by atoms with Crippen molar-refractivity contribution in [3.8, 4) is 21.9 Å². The van der Waals surface area contributed by atoms with Crippen LogP contribution >= 0.6 is 11.3 Å². The molecule has 2 aromatic heterocycles. The van der Waals surface area contributed by atoms with E-state index < -0.39 is 0 Å². The van der Waals surface area contributed by atoms with Crippen molar-refractivity contribution in [2.45, 2.75) is 26.4 Å². The average Bonchev–Trinajstić information content (AvgIpc) is 3.42. The van der Waals surface area contributed by atoms with Gasteiger partial charge in [-0.15, -0.1) is 11.3 Å². The van der Waals surface area contributed by atoms with E-state index in [9.17, 15) is 0 Å². The van der Waals surface area contributed by atoms with Crippen LogP contribution < -0.4 is 20.1 Å². The first kappa shape index (κ1) is 24.6. The Morgan fingerprint density at radius 1 is 0.865 bits per heavy atom. The molecule has 0 fully saturated rings. The Balaban J connectivity index is 1.39. The molecule has 2 heterocycles. The van der Waals surface area contributed by atoms with Crippen LogP contribution in [0, 0.1) is 6.92 Å². The molecule has 7 heteroatoms. The SMILES string of the molecule is COc1cc2nc(C)nc(NC(C)c3ccc(-c4ccccc4CNc4ccccc4)s3)c2cc1OC. The number of fused-ring (bicyclic) bond motifs is 1. The average molecular weight is 511 g/mol. The predicted molar refractivity (Wildman–Crippen MR) is 153 cm³/mol. The van der Waals surface area contributed by atoms with Crippen LogP contribution in [0.4, 0.5) is 11.5 Å². The van der Waals surface area contributed by atoms with Gasteiger partial charge in [-0.3, -0.25) is 0 Å². The van der Waals surface area contributed by atoms with E-state index in [1.807, 2.05) is 37.3 Å². The van der Waals surface area contributed by atoms with Crippen molar-refractivity contribution in [2.75, 3.05) is 24.9 Å². The van der Waals surface area contributed by atoms with Gasteiger partial charge in [0.25, 0.3) is 0 Å². The molecule has 0 bridgehead atoms. The van der Waals surface area contributed by atoms with E-state index in [2.05, 4.69) is 71.1 Å². The van der Waals surface area contributed by atoms with E-state index in [0.29, 0.717) is 17.3 Å². The summed E-state index contributed by atoms with van der Waals surface area (Å²) in [6, 6.07) is 27.1. The molecule has 1 atom stereocenters. The Labute approximate surface area is 221 Å². The minimum Gasteiger partial charge on any atom is -0.493 e. The zero-order valence-electron chi connectivity index (χ0n) is 21.4. The lowest BCUT2D eigenvalue weighted by Crippen LogP contribution is -2.08. The first-order valence-electron chi connectivity index (χ1n) is 12.2. The van der Waals surface area contributed by atoms with Crippen molar-refractivity contribution >= 4 is 33.7 Å². The number of methoxy groups -OCH3 is 2. The monoisotopic (exact) mass is 510 g/mol. The van der Waals surface area contributed by atoms with Gasteiger partial charge >= 0.3 is 0 Å². The molecular weight excluding hydrogens is 480 g/mol. The van der Waals surface area contributed by atoms with Crippen molar-refractivity contribution in [1.82, 2.24) is 9.97 Å². The fourth-order valence-corrected chi connectivity index (χ4v) is 5.43. The third-order valence-electron chi connectivity index (χ3n) is 6.26. The molecule has 1 unspecified atom stereocenters. The van der Waals surface area contributed by atoms with Gasteiger partial charge in [0.2, 0.25) is 0 Å². The van der Waals surface area contributed by atoms with E-state index >= 15 is 0 Å². The highest BCUT2D eigenvalue weighted by molar-refractivity contribution is 7.15. The lowest BCUT2D eigenvalue weighted by molar-refractivity contribution is 0.356. The van der Waals surface area contributed by atoms with Crippen molar-refractivity contribution in [1.29, 1.82) is 0 Å². The highest BCUT2D eigenvalue weighted by Gasteiger charge is 2.16. The summed E-state index contributed by atoms with van der Waals surface area (Å²) in [4.78, 5) is 11.8. The second kappa shape index (κ2) is 10.9. The highest BCUT2D eigenvalue weighted by Crippen LogP contribution is 2.37. The minimum absolute atomic E-state index is 0.0546. The standard InChI is InChI=1S/C30H30N4O2S/c1-19(32-30-24-16-26(35-3)27(36-4)17-25(24)33-20(2)34-30)28-14-15-29(37-28)23-13-9-8-10-21(23)18-31-22-11-6-5-7-12-22/h5-17,19,31H,18H2,1-4H3,(H,32,33,34). The van der Waals surface area contributed by atoms with E-state index in [4.69, 9.17) is 14.5 Å². The van der Waals surface area contributed by atoms with Crippen LogP contribution in [0.5, 0.6) is 11.5 Å². The molecule has 37 heavy (non-hydrogen) atoms. The van der Waals surface area contributed by atoms with Gasteiger partial charge in [-0.2, -0.15) is 0 Å². The summed E-state index contributed by atoms with van der Waals surface area (Å²) in [7, 11) is 3.26. The van der Waals surface area contributed by atoms with Crippen molar-refractivity contribution < 1.29 is 9.47 Å². The zero-order chi connectivity index (χ0) is 25.8. The Hall–Kier alpha value is -4.10. The smallest absolute Gasteiger partial charge is 0.162 e. The van der Waals surface area contributed by atoms with Gasteiger partial charge in [-0.05, 0) is 55.3 Å². The lowest BCUT2D eigenvalue weighted by Gasteiger charge is -2.17.